The van der Waals surface area contributed by atoms with Crippen molar-refractivity contribution >= 4 is 21.6 Å². The Morgan fingerprint density at radius 2 is 1.88 bits per heavy atom. The van der Waals surface area contributed by atoms with Gasteiger partial charge in [0.1, 0.15) is 5.76 Å². The molecule has 136 valence electrons. The highest BCUT2D eigenvalue weighted by Crippen LogP contribution is 2.22. The molecule has 1 aromatic carbocycles. The summed E-state index contributed by atoms with van der Waals surface area (Å²) in [6.07, 6.45) is 1.60. The monoisotopic (exact) mass is 384 g/mol. The summed E-state index contributed by atoms with van der Waals surface area (Å²) in [6, 6.07) is 10.3. The van der Waals surface area contributed by atoms with E-state index in [-0.39, 0.29) is 18.3 Å². The van der Waals surface area contributed by atoms with Gasteiger partial charge in [-0.3, -0.25) is 4.90 Å². The fourth-order valence-electron chi connectivity index (χ4n) is 2.84. The molecule has 8 heteroatoms. The Labute approximate surface area is 152 Å². The lowest BCUT2D eigenvalue weighted by atomic mass is 10.2. The third-order valence-corrected chi connectivity index (χ3v) is 5.70. The van der Waals surface area contributed by atoms with E-state index in [4.69, 9.17) is 20.8 Å². The smallest absolute Gasteiger partial charge is 0.215 e. The average molecular weight is 385 g/mol. The number of hydrogen-bond donors (Lipinski definition) is 1. The van der Waals surface area contributed by atoms with Crippen LogP contribution >= 0.6 is 11.6 Å². The molecule has 0 unspecified atom stereocenters. The maximum absolute atomic E-state index is 12.4. The molecule has 6 nitrogen and oxygen atoms in total. The van der Waals surface area contributed by atoms with Crippen LogP contribution in [0.2, 0.25) is 5.02 Å². The molecule has 1 saturated heterocycles. The van der Waals surface area contributed by atoms with Crippen LogP contribution in [0.4, 0.5) is 0 Å². The average Bonchev–Trinajstić information content (AvgIpc) is 3.12. The molecule has 25 heavy (non-hydrogen) atoms. The van der Waals surface area contributed by atoms with Gasteiger partial charge in [0.05, 0.1) is 31.3 Å². The molecule has 0 aliphatic carbocycles. The summed E-state index contributed by atoms with van der Waals surface area (Å²) in [5, 5.41) is 0.583. The number of nitrogens with one attached hydrogen (secondary N) is 1. The normalized spacial score (nSPS) is 17.5. The first-order valence-corrected chi connectivity index (χ1v) is 10.1. The third kappa shape index (κ3) is 5.29. The molecular weight excluding hydrogens is 364 g/mol. The van der Waals surface area contributed by atoms with Crippen LogP contribution < -0.4 is 4.72 Å². The highest BCUT2D eigenvalue weighted by Gasteiger charge is 2.26. The van der Waals surface area contributed by atoms with Crippen molar-refractivity contribution in [2.45, 2.75) is 11.8 Å². The zero-order chi connectivity index (χ0) is 17.7. The molecule has 2 aromatic rings. The summed E-state index contributed by atoms with van der Waals surface area (Å²) in [4.78, 5) is 2.17. The van der Waals surface area contributed by atoms with Crippen molar-refractivity contribution in [3.63, 3.8) is 0 Å². The first-order chi connectivity index (χ1) is 12.0. The molecule has 1 aromatic heterocycles. The van der Waals surface area contributed by atoms with Crippen LogP contribution in [-0.4, -0.2) is 46.2 Å². The summed E-state index contributed by atoms with van der Waals surface area (Å²) < 4.78 is 38.4. The van der Waals surface area contributed by atoms with Crippen molar-refractivity contribution in [1.29, 1.82) is 0 Å². The van der Waals surface area contributed by atoms with Gasteiger partial charge in [-0.05, 0) is 29.8 Å². The van der Waals surface area contributed by atoms with Gasteiger partial charge in [-0.1, -0.05) is 23.7 Å². The first-order valence-electron chi connectivity index (χ1n) is 8.10. The fraction of sp³-hybridized carbons (Fsp3) is 0.412. The van der Waals surface area contributed by atoms with Gasteiger partial charge in [0, 0.05) is 24.7 Å². The molecule has 3 rings (SSSR count). The van der Waals surface area contributed by atoms with E-state index >= 15 is 0 Å². The van der Waals surface area contributed by atoms with Gasteiger partial charge in [0.25, 0.3) is 0 Å². The van der Waals surface area contributed by atoms with Gasteiger partial charge >= 0.3 is 0 Å². The second-order valence-electron chi connectivity index (χ2n) is 5.91. The van der Waals surface area contributed by atoms with Gasteiger partial charge in [-0.25, -0.2) is 13.1 Å². The molecule has 0 saturated carbocycles. The Balaban J connectivity index is 1.66. The van der Waals surface area contributed by atoms with Crippen LogP contribution in [0.25, 0.3) is 0 Å². The number of halogens is 1. The number of rotatable bonds is 7. The lowest BCUT2D eigenvalue weighted by molar-refractivity contribution is 0.0128. The number of furan rings is 1. The van der Waals surface area contributed by atoms with E-state index in [9.17, 15) is 8.42 Å². The number of sulfonamides is 1. The largest absolute Gasteiger partial charge is 0.468 e. The first kappa shape index (κ1) is 18.4. The van der Waals surface area contributed by atoms with Gasteiger partial charge in [0.2, 0.25) is 10.0 Å². The van der Waals surface area contributed by atoms with E-state index in [0.717, 1.165) is 18.8 Å². The molecule has 1 aliphatic heterocycles. The summed E-state index contributed by atoms with van der Waals surface area (Å²) in [5.74, 6) is 0.661. The maximum Gasteiger partial charge on any atom is 0.215 e. The molecule has 0 amide bonds. The van der Waals surface area contributed by atoms with Gasteiger partial charge in [-0.15, -0.1) is 0 Å². The Kier molecular flexibility index (Phi) is 6.14. The van der Waals surface area contributed by atoms with Crippen molar-refractivity contribution in [3.05, 3.63) is 59.0 Å². The molecule has 0 bridgehead atoms. The molecule has 2 heterocycles. The van der Waals surface area contributed by atoms with Crippen LogP contribution in [0.1, 0.15) is 17.4 Å². The van der Waals surface area contributed by atoms with Crippen molar-refractivity contribution < 1.29 is 17.6 Å². The lowest BCUT2D eigenvalue weighted by Gasteiger charge is -2.33. The van der Waals surface area contributed by atoms with Crippen molar-refractivity contribution in [2.24, 2.45) is 0 Å². The van der Waals surface area contributed by atoms with Gasteiger partial charge < -0.3 is 9.15 Å². The van der Waals surface area contributed by atoms with Crippen LogP contribution in [0.5, 0.6) is 0 Å². The van der Waals surface area contributed by atoms with Crippen molar-refractivity contribution in [1.82, 2.24) is 9.62 Å². The van der Waals surface area contributed by atoms with E-state index in [2.05, 4.69) is 9.62 Å². The molecular formula is C17H21ClN2O4S. The topological polar surface area (TPSA) is 71.8 Å². The number of ether oxygens (including phenoxy) is 1. The van der Waals surface area contributed by atoms with Crippen molar-refractivity contribution in [2.75, 3.05) is 32.8 Å². The van der Waals surface area contributed by atoms with Crippen LogP contribution in [0, 0.1) is 0 Å². The summed E-state index contributed by atoms with van der Waals surface area (Å²) in [5.41, 5.74) is 0.692. The standard InChI is InChI=1S/C17H21ClN2O4S/c18-15-5-3-14(4-6-15)13-25(21,22)19-12-16(17-2-1-9-24-17)20-7-10-23-11-8-20/h1-6,9,16,19H,7-8,10-13H2/t16-/m0/s1. The number of benzene rings is 1. The second kappa shape index (κ2) is 8.33. The minimum atomic E-state index is -3.46. The zero-order valence-corrected chi connectivity index (χ0v) is 15.3. The number of hydrogen-bond acceptors (Lipinski definition) is 5. The molecule has 1 atom stereocenters. The second-order valence-corrected chi connectivity index (χ2v) is 8.16. The molecule has 1 aliphatic rings. The van der Waals surface area contributed by atoms with Gasteiger partial charge in [-0.2, -0.15) is 0 Å². The molecule has 1 fully saturated rings. The Bertz CT molecular complexity index is 756. The van der Waals surface area contributed by atoms with Crippen LogP contribution in [0.15, 0.2) is 47.1 Å². The minimum Gasteiger partial charge on any atom is -0.468 e. The highest BCUT2D eigenvalue weighted by molar-refractivity contribution is 7.88. The van der Waals surface area contributed by atoms with Gasteiger partial charge in [0.15, 0.2) is 0 Å². The quantitative estimate of drug-likeness (QED) is 0.793. The minimum absolute atomic E-state index is 0.0852. The van der Waals surface area contributed by atoms with E-state index in [0.29, 0.717) is 23.8 Å². The summed E-state index contributed by atoms with van der Waals surface area (Å²) >= 11 is 5.84. The molecule has 1 N–H and O–H groups in total. The van der Waals surface area contributed by atoms with E-state index in [1.165, 1.54) is 0 Å². The van der Waals surface area contributed by atoms with E-state index in [1.54, 1.807) is 30.5 Å². The predicted octanol–water partition coefficient (Wildman–Crippen LogP) is 2.43. The molecule has 0 radical (unpaired) electrons. The maximum atomic E-state index is 12.4. The predicted molar refractivity (Wildman–Crippen MR) is 95.9 cm³/mol. The Morgan fingerprint density at radius 3 is 2.52 bits per heavy atom. The van der Waals surface area contributed by atoms with E-state index in [1.807, 2.05) is 12.1 Å². The van der Waals surface area contributed by atoms with Crippen LogP contribution in [-0.2, 0) is 20.5 Å². The fourth-order valence-corrected chi connectivity index (χ4v) is 4.11. The number of nitrogens with zero attached hydrogens (tertiary/aromatic N) is 1. The van der Waals surface area contributed by atoms with Crippen LogP contribution in [0.3, 0.4) is 0 Å². The summed E-state index contributed by atoms with van der Waals surface area (Å²) in [7, 11) is -3.46. The lowest BCUT2D eigenvalue weighted by Crippen LogP contribution is -2.43. The summed E-state index contributed by atoms with van der Waals surface area (Å²) in [6.45, 7) is 3.00. The van der Waals surface area contributed by atoms with Crippen molar-refractivity contribution in [3.8, 4) is 0 Å². The Morgan fingerprint density at radius 1 is 1.16 bits per heavy atom. The Hall–Kier alpha value is -1.38. The number of morpholine rings is 1. The zero-order valence-electron chi connectivity index (χ0n) is 13.7. The molecule has 0 spiro atoms. The SMILES string of the molecule is O=S(=O)(Cc1ccc(Cl)cc1)NC[C@@H](c1ccco1)N1CCOCC1. The van der Waals surface area contributed by atoms with E-state index < -0.39 is 10.0 Å². The third-order valence-electron chi connectivity index (χ3n) is 4.12. The highest BCUT2D eigenvalue weighted by atomic mass is 35.5.